The lowest BCUT2D eigenvalue weighted by Gasteiger charge is -2.27. The van der Waals surface area contributed by atoms with E-state index in [1.165, 1.54) is 0 Å². The van der Waals surface area contributed by atoms with Crippen LogP contribution in [0.15, 0.2) is 6.07 Å². The van der Waals surface area contributed by atoms with Gasteiger partial charge in [0.1, 0.15) is 5.56 Å². The lowest BCUT2D eigenvalue weighted by Crippen LogP contribution is -2.31. The van der Waals surface area contributed by atoms with Crippen LogP contribution in [-0.4, -0.2) is 56.6 Å². The van der Waals surface area contributed by atoms with Crippen molar-refractivity contribution in [2.45, 2.75) is 20.3 Å². The molecule has 1 heterocycles. The molecule has 1 N–H and O–H groups in total. The first-order chi connectivity index (χ1) is 10.0. The van der Waals surface area contributed by atoms with Gasteiger partial charge in [-0.2, -0.15) is 0 Å². The van der Waals surface area contributed by atoms with Gasteiger partial charge in [0.05, 0.1) is 18.0 Å². The molecule has 0 saturated heterocycles. The Morgan fingerprint density at radius 2 is 1.90 bits per heavy atom. The van der Waals surface area contributed by atoms with Gasteiger partial charge >= 0.3 is 5.97 Å². The zero-order valence-corrected chi connectivity index (χ0v) is 13.2. The van der Waals surface area contributed by atoms with Crippen molar-refractivity contribution < 1.29 is 19.4 Å². The minimum atomic E-state index is -0.954. The van der Waals surface area contributed by atoms with Gasteiger partial charge in [0.25, 0.3) is 0 Å². The molecule has 0 aliphatic rings. The number of methoxy groups -OCH3 is 2. The van der Waals surface area contributed by atoms with Gasteiger partial charge in [0.15, 0.2) is 0 Å². The summed E-state index contributed by atoms with van der Waals surface area (Å²) in [6.45, 7) is 6.10. The quantitative estimate of drug-likeness (QED) is 0.702. The summed E-state index contributed by atoms with van der Waals surface area (Å²) in [5, 5.41) is 9.46. The fourth-order valence-corrected chi connectivity index (χ4v) is 2.28. The van der Waals surface area contributed by atoms with Crippen molar-refractivity contribution in [3.8, 4) is 0 Å². The molecule has 0 amide bonds. The maximum Gasteiger partial charge on any atom is 0.339 e. The van der Waals surface area contributed by atoms with Crippen molar-refractivity contribution in [2.75, 3.05) is 45.4 Å². The fraction of sp³-hybridized carbons (Fsp3) is 0.600. The predicted octanol–water partition coefficient (Wildman–Crippen LogP) is 1.89. The van der Waals surface area contributed by atoms with E-state index in [4.69, 9.17) is 9.47 Å². The van der Waals surface area contributed by atoms with E-state index in [1.807, 2.05) is 17.9 Å². The van der Waals surface area contributed by atoms with Gasteiger partial charge in [-0.05, 0) is 26.3 Å². The number of hydrogen-bond acceptors (Lipinski definition) is 5. The number of carboxylic acid groups (broad SMARTS) is 1. The lowest BCUT2D eigenvalue weighted by molar-refractivity contribution is 0.0696. The second-order valence-electron chi connectivity index (χ2n) is 4.87. The number of nitrogens with zero attached hydrogens (tertiary/aromatic N) is 2. The molecule has 0 atom stereocenters. The molecule has 1 aromatic heterocycles. The van der Waals surface area contributed by atoms with Gasteiger partial charge in [-0.15, -0.1) is 0 Å². The number of aromatic nitrogens is 1. The summed E-state index contributed by atoms with van der Waals surface area (Å²) < 4.78 is 10.2. The number of hydrogen-bond donors (Lipinski definition) is 1. The Hall–Kier alpha value is -1.66. The standard InChI is InChI=1S/C15H24N2O4/c1-11-10-13(14(15(18)19)12(2)16-11)17(7-9-21-4)6-5-8-20-3/h10H,5-9H2,1-4H3,(H,18,19). The van der Waals surface area contributed by atoms with Gasteiger partial charge in [-0.1, -0.05) is 0 Å². The van der Waals surface area contributed by atoms with Crippen LogP contribution in [0.3, 0.4) is 0 Å². The molecular formula is C15H24N2O4. The molecule has 1 rings (SSSR count). The summed E-state index contributed by atoms with van der Waals surface area (Å²) in [4.78, 5) is 17.8. The minimum absolute atomic E-state index is 0.258. The maximum atomic E-state index is 11.5. The van der Waals surface area contributed by atoms with Crippen LogP contribution >= 0.6 is 0 Å². The van der Waals surface area contributed by atoms with E-state index in [2.05, 4.69) is 4.98 Å². The number of pyridine rings is 1. The van der Waals surface area contributed by atoms with Gasteiger partial charge in [0, 0.05) is 39.6 Å². The van der Waals surface area contributed by atoms with Crippen LogP contribution < -0.4 is 4.90 Å². The van der Waals surface area contributed by atoms with Crippen molar-refractivity contribution >= 4 is 11.7 Å². The van der Waals surface area contributed by atoms with E-state index in [-0.39, 0.29) is 5.56 Å². The van der Waals surface area contributed by atoms with Crippen LogP contribution in [0, 0.1) is 13.8 Å². The molecule has 0 radical (unpaired) electrons. The summed E-state index contributed by atoms with van der Waals surface area (Å²) in [6.07, 6.45) is 0.819. The van der Waals surface area contributed by atoms with Crippen LogP contribution in [0.25, 0.3) is 0 Å². The Morgan fingerprint density at radius 1 is 1.24 bits per heavy atom. The van der Waals surface area contributed by atoms with Crippen molar-refractivity contribution in [3.63, 3.8) is 0 Å². The van der Waals surface area contributed by atoms with E-state index < -0.39 is 5.97 Å². The summed E-state index contributed by atoms with van der Waals surface area (Å²) in [6, 6.07) is 1.82. The molecule has 6 heteroatoms. The van der Waals surface area contributed by atoms with E-state index in [0.717, 1.165) is 12.1 Å². The highest BCUT2D eigenvalue weighted by Crippen LogP contribution is 2.24. The highest BCUT2D eigenvalue weighted by Gasteiger charge is 2.20. The number of aromatic carboxylic acids is 1. The molecule has 0 aliphatic heterocycles. The topological polar surface area (TPSA) is 71.9 Å². The molecule has 0 spiro atoms. The second kappa shape index (κ2) is 8.59. The lowest BCUT2D eigenvalue weighted by atomic mass is 10.1. The molecule has 0 fully saturated rings. The van der Waals surface area contributed by atoms with Crippen LogP contribution in [0.2, 0.25) is 0 Å². The van der Waals surface area contributed by atoms with Gasteiger partial charge in [-0.25, -0.2) is 4.79 Å². The van der Waals surface area contributed by atoms with Crippen molar-refractivity contribution in [1.82, 2.24) is 4.98 Å². The number of ether oxygens (including phenoxy) is 2. The third kappa shape index (κ3) is 4.99. The average Bonchev–Trinajstić information content (AvgIpc) is 2.41. The fourth-order valence-electron chi connectivity index (χ4n) is 2.28. The van der Waals surface area contributed by atoms with Crippen molar-refractivity contribution in [1.29, 1.82) is 0 Å². The second-order valence-corrected chi connectivity index (χ2v) is 4.87. The van der Waals surface area contributed by atoms with Gasteiger partial charge < -0.3 is 19.5 Å². The Balaban J connectivity index is 3.11. The highest BCUT2D eigenvalue weighted by molar-refractivity contribution is 5.95. The zero-order chi connectivity index (χ0) is 15.8. The van der Waals surface area contributed by atoms with E-state index in [9.17, 15) is 9.90 Å². The predicted molar refractivity (Wildman–Crippen MR) is 81.3 cm³/mol. The van der Waals surface area contributed by atoms with Crippen LogP contribution in [0.5, 0.6) is 0 Å². The third-order valence-electron chi connectivity index (χ3n) is 3.20. The molecule has 0 aliphatic carbocycles. The molecule has 6 nitrogen and oxygen atoms in total. The molecule has 0 unspecified atom stereocenters. The largest absolute Gasteiger partial charge is 0.478 e. The monoisotopic (exact) mass is 296 g/mol. The normalized spacial score (nSPS) is 10.7. The van der Waals surface area contributed by atoms with E-state index in [1.54, 1.807) is 21.1 Å². The maximum absolute atomic E-state index is 11.5. The first kappa shape index (κ1) is 17.4. The van der Waals surface area contributed by atoms with E-state index in [0.29, 0.717) is 37.7 Å². The molecule has 0 aromatic carbocycles. The molecule has 21 heavy (non-hydrogen) atoms. The summed E-state index contributed by atoms with van der Waals surface area (Å²) >= 11 is 0. The Kier molecular flexibility index (Phi) is 7.11. The first-order valence-corrected chi connectivity index (χ1v) is 6.95. The molecule has 0 saturated carbocycles. The number of anilines is 1. The van der Waals surface area contributed by atoms with Crippen LogP contribution in [-0.2, 0) is 9.47 Å². The van der Waals surface area contributed by atoms with Crippen molar-refractivity contribution in [2.24, 2.45) is 0 Å². The smallest absolute Gasteiger partial charge is 0.339 e. The average molecular weight is 296 g/mol. The molecule has 0 bridgehead atoms. The number of carbonyl (C=O) groups is 1. The summed E-state index contributed by atoms with van der Waals surface area (Å²) in [5.74, 6) is -0.954. The van der Waals surface area contributed by atoms with Gasteiger partial charge in [0.2, 0.25) is 0 Å². The molecule has 1 aromatic rings. The van der Waals surface area contributed by atoms with Crippen LogP contribution in [0.1, 0.15) is 28.2 Å². The Morgan fingerprint density at radius 3 is 2.48 bits per heavy atom. The minimum Gasteiger partial charge on any atom is -0.478 e. The highest BCUT2D eigenvalue weighted by atomic mass is 16.5. The summed E-state index contributed by atoms with van der Waals surface area (Å²) in [7, 11) is 3.29. The molecular weight excluding hydrogens is 272 g/mol. The molecule has 118 valence electrons. The van der Waals surface area contributed by atoms with Crippen molar-refractivity contribution in [3.05, 3.63) is 23.0 Å². The third-order valence-corrected chi connectivity index (χ3v) is 3.20. The van der Waals surface area contributed by atoms with Crippen LogP contribution in [0.4, 0.5) is 5.69 Å². The number of rotatable bonds is 9. The zero-order valence-electron chi connectivity index (χ0n) is 13.2. The number of carboxylic acids is 1. The number of aryl methyl sites for hydroxylation is 2. The first-order valence-electron chi connectivity index (χ1n) is 6.95. The SMILES string of the molecule is COCCCN(CCOC)c1cc(C)nc(C)c1C(=O)O. The van der Waals surface area contributed by atoms with Gasteiger partial charge in [-0.3, -0.25) is 4.98 Å². The Bertz CT molecular complexity index is 477. The Labute approximate surface area is 125 Å². The summed E-state index contributed by atoms with van der Waals surface area (Å²) in [5.41, 5.74) is 2.29. The van der Waals surface area contributed by atoms with E-state index >= 15 is 0 Å².